The van der Waals surface area contributed by atoms with Crippen molar-refractivity contribution in [2.45, 2.75) is 19.0 Å². The van der Waals surface area contributed by atoms with E-state index in [0.717, 1.165) is 5.56 Å². The number of hydrogen-bond acceptors (Lipinski definition) is 3. The topological polar surface area (TPSA) is 46.2 Å². The Hall–Kier alpha value is -0.580. The molecule has 0 bridgehead atoms. The molecule has 1 heterocycles. The molecule has 2 rings (SSSR count). The zero-order chi connectivity index (χ0) is 11.8. The third-order valence-corrected chi connectivity index (χ3v) is 4.78. The molecule has 0 amide bonds. The highest BCUT2D eigenvalue weighted by atomic mass is 35.5. The van der Waals surface area contributed by atoms with Gasteiger partial charge in [0, 0.05) is 17.1 Å². The summed E-state index contributed by atoms with van der Waals surface area (Å²) in [7, 11) is -2.93. The number of nitrogens with one attached hydrogen (secondary N) is 1. The van der Waals surface area contributed by atoms with Gasteiger partial charge in [-0.25, -0.2) is 8.42 Å². The molecule has 1 N–H and O–H groups in total. The predicted molar refractivity (Wildman–Crippen MR) is 65.4 cm³/mol. The molecule has 1 aliphatic heterocycles. The summed E-state index contributed by atoms with van der Waals surface area (Å²) in [4.78, 5) is 0. The maximum absolute atomic E-state index is 11.6. The summed E-state index contributed by atoms with van der Waals surface area (Å²) < 4.78 is 23.3. The van der Waals surface area contributed by atoms with Gasteiger partial charge in [-0.15, -0.1) is 0 Å². The van der Waals surface area contributed by atoms with E-state index in [2.05, 4.69) is 5.32 Å². The first-order valence-electron chi connectivity index (χ1n) is 5.18. The van der Waals surface area contributed by atoms with E-state index in [1.807, 2.05) is 19.1 Å². The molecular weight excluding hydrogens is 246 g/mol. The molecule has 0 aliphatic carbocycles. The van der Waals surface area contributed by atoms with Crippen LogP contribution in [-0.4, -0.2) is 26.0 Å². The Balaban J connectivity index is 2.24. The molecule has 0 spiro atoms. The van der Waals surface area contributed by atoms with Crippen molar-refractivity contribution in [2.24, 2.45) is 0 Å². The van der Waals surface area contributed by atoms with Crippen LogP contribution < -0.4 is 5.32 Å². The molecule has 1 aliphatic rings. The van der Waals surface area contributed by atoms with E-state index in [9.17, 15) is 8.42 Å². The van der Waals surface area contributed by atoms with Crippen LogP contribution in [0.2, 0.25) is 5.02 Å². The molecule has 1 aromatic carbocycles. The Bertz CT molecular complexity index is 469. The van der Waals surface area contributed by atoms with Crippen molar-refractivity contribution in [1.29, 1.82) is 0 Å². The Morgan fingerprint density at radius 2 is 1.88 bits per heavy atom. The monoisotopic (exact) mass is 259 g/mol. The second kappa shape index (κ2) is 4.35. The quantitative estimate of drug-likeness (QED) is 0.836. The molecule has 2 atom stereocenters. The zero-order valence-electron chi connectivity index (χ0n) is 8.98. The normalized spacial score (nSPS) is 28.9. The highest BCUT2D eigenvalue weighted by Crippen LogP contribution is 2.22. The zero-order valence-corrected chi connectivity index (χ0v) is 10.6. The van der Waals surface area contributed by atoms with E-state index in [-0.39, 0.29) is 23.6 Å². The maximum atomic E-state index is 11.6. The van der Waals surface area contributed by atoms with Crippen molar-refractivity contribution in [2.75, 3.05) is 11.5 Å². The summed E-state index contributed by atoms with van der Waals surface area (Å²) in [5, 5.41) is 3.95. The first kappa shape index (κ1) is 11.9. The van der Waals surface area contributed by atoms with E-state index in [1.54, 1.807) is 12.1 Å². The summed E-state index contributed by atoms with van der Waals surface area (Å²) in [5.41, 5.74) is 0.972. The van der Waals surface area contributed by atoms with E-state index in [1.165, 1.54) is 0 Å². The fraction of sp³-hybridized carbons (Fsp3) is 0.455. The molecule has 0 aromatic heterocycles. The van der Waals surface area contributed by atoms with Crippen LogP contribution in [0.15, 0.2) is 24.3 Å². The maximum Gasteiger partial charge on any atom is 0.153 e. The molecule has 88 valence electrons. The highest BCUT2D eigenvalue weighted by Gasteiger charge is 2.29. The van der Waals surface area contributed by atoms with Gasteiger partial charge in [-0.2, -0.15) is 0 Å². The van der Waals surface area contributed by atoms with Crippen LogP contribution in [0.4, 0.5) is 0 Å². The smallest absolute Gasteiger partial charge is 0.153 e. The van der Waals surface area contributed by atoms with Crippen LogP contribution >= 0.6 is 11.6 Å². The fourth-order valence-corrected chi connectivity index (χ4v) is 3.95. The number of benzene rings is 1. The minimum absolute atomic E-state index is 0.000530. The van der Waals surface area contributed by atoms with E-state index >= 15 is 0 Å². The number of rotatable bonds is 1. The minimum Gasteiger partial charge on any atom is -0.306 e. The van der Waals surface area contributed by atoms with Gasteiger partial charge < -0.3 is 5.32 Å². The summed E-state index contributed by atoms with van der Waals surface area (Å²) in [6.45, 7) is 1.89. The second-order valence-electron chi connectivity index (χ2n) is 4.25. The molecule has 2 unspecified atom stereocenters. The summed E-state index contributed by atoms with van der Waals surface area (Å²) in [6.07, 6.45) is 0. The van der Waals surface area contributed by atoms with Crippen LogP contribution in [0.5, 0.6) is 0 Å². The summed E-state index contributed by atoms with van der Waals surface area (Å²) in [5.74, 6) is 0.385. The lowest BCUT2D eigenvalue weighted by atomic mass is 10.1. The Morgan fingerprint density at radius 3 is 2.44 bits per heavy atom. The van der Waals surface area contributed by atoms with Gasteiger partial charge in [0.2, 0.25) is 0 Å². The Morgan fingerprint density at radius 1 is 1.25 bits per heavy atom. The lowest BCUT2D eigenvalue weighted by molar-refractivity contribution is 0.469. The second-order valence-corrected chi connectivity index (χ2v) is 6.84. The molecule has 3 nitrogen and oxygen atoms in total. The fourth-order valence-electron chi connectivity index (χ4n) is 2.03. The Kier molecular flexibility index (Phi) is 3.24. The van der Waals surface area contributed by atoms with Crippen molar-refractivity contribution in [3.05, 3.63) is 34.9 Å². The average molecular weight is 260 g/mol. The standard InChI is InChI=1S/C11H14ClNO2S/c1-8-6-16(14,15)7-11(13-8)9-2-4-10(12)5-3-9/h2-5,8,11,13H,6-7H2,1H3. The van der Waals surface area contributed by atoms with E-state index in [0.29, 0.717) is 5.02 Å². The SMILES string of the molecule is CC1CS(=O)(=O)CC(c2ccc(Cl)cc2)N1. The minimum atomic E-state index is -2.93. The van der Waals surface area contributed by atoms with Gasteiger partial charge in [0.15, 0.2) is 9.84 Å². The first-order valence-corrected chi connectivity index (χ1v) is 7.38. The Labute approximate surface area is 101 Å². The van der Waals surface area contributed by atoms with Gasteiger partial charge >= 0.3 is 0 Å². The van der Waals surface area contributed by atoms with Gasteiger partial charge in [-0.1, -0.05) is 23.7 Å². The van der Waals surface area contributed by atoms with E-state index in [4.69, 9.17) is 11.6 Å². The van der Waals surface area contributed by atoms with Crippen molar-refractivity contribution >= 4 is 21.4 Å². The summed E-state index contributed by atoms with van der Waals surface area (Å²) >= 11 is 5.80. The van der Waals surface area contributed by atoms with Crippen molar-refractivity contribution in [3.8, 4) is 0 Å². The van der Waals surface area contributed by atoms with Crippen molar-refractivity contribution in [1.82, 2.24) is 5.32 Å². The van der Waals surface area contributed by atoms with Crippen LogP contribution in [0.3, 0.4) is 0 Å². The molecule has 1 aromatic rings. The van der Waals surface area contributed by atoms with Gasteiger partial charge in [0.1, 0.15) is 0 Å². The third kappa shape index (κ3) is 2.75. The molecular formula is C11H14ClNO2S. The van der Waals surface area contributed by atoms with Crippen LogP contribution in [0.1, 0.15) is 18.5 Å². The molecule has 1 fully saturated rings. The predicted octanol–water partition coefficient (Wildman–Crippen LogP) is 1.79. The van der Waals surface area contributed by atoms with Crippen LogP contribution in [0.25, 0.3) is 0 Å². The van der Waals surface area contributed by atoms with Crippen molar-refractivity contribution in [3.63, 3.8) is 0 Å². The lowest BCUT2D eigenvalue weighted by Gasteiger charge is -2.29. The van der Waals surface area contributed by atoms with Gasteiger partial charge in [-0.3, -0.25) is 0 Å². The molecule has 1 saturated heterocycles. The highest BCUT2D eigenvalue weighted by molar-refractivity contribution is 7.91. The van der Waals surface area contributed by atoms with Gasteiger partial charge in [-0.05, 0) is 24.6 Å². The first-order chi connectivity index (χ1) is 7.46. The largest absolute Gasteiger partial charge is 0.306 e. The van der Waals surface area contributed by atoms with Gasteiger partial charge in [0.25, 0.3) is 0 Å². The number of sulfone groups is 1. The lowest BCUT2D eigenvalue weighted by Crippen LogP contribution is -2.45. The average Bonchev–Trinajstić information content (AvgIpc) is 2.15. The molecule has 5 heteroatoms. The van der Waals surface area contributed by atoms with Crippen LogP contribution in [-0.2, 0) is 9.84 Å². The number of hydrogen-bond donors (Lipinski definition) is 1. The summed E-state index contributed by atoms with van der Waals surface area (Å²) in [6, 6.07) is 7.18. The van der Waals surface area contributed by atoms with Crippen molar-refractivity contribution < 1.29 is 8.42 Å². The molecule has 16 heavy (non-hydrogen) atoms. The molecule has 0 saturated carbocycles. The molecule has 0 radical (unpaired) electrons. The third-order valence-electron chi connectivity index (χ3n) is 2.68. The van der Waals surface area contributed by atoms with E-state index < -0.39 is 9.84 Å². The van der Waals surface area contributed by atoms with Crippen LogP contribution in [0, 0.1) is 0 Å². The van der Waals surface area contributed by atoms with Gasteiger partial charge in [0.05, 0.1) is 11.5 Å². The number of halogens is 1.